The molecular formula is C9H10O3. The molecule has 0 aliphatic carbocycles. The van der Waals surface area contributed by atoms with Gasteiger partial charge in [-0.1, -0.05) is 30.3 Å². The summed E-state index contributed by atoms with van der Waals surface area (Å²) in [4.78, 5) is 0. The first-order valence-corrected chi connectivity index (χ1v) is 3.84. The van der Waals surface area contributed by atoms with Crippen LogP contribution in [0.5, 0.6) is 0 Å². The van der Waals surface area contributed by atoms with E-state index in [2.05, 4.69) is 0 Å². The molecule has 1 aliphatic heterocycles. The molecule has 1 aliphatic rings. The molecule has 0 aromatic heterocycles. The second kappa shape index (κ2) is 3.67. The average molecular weight is 166 g/mol. The van der Waals surface area contributed by atoms with Gasteiger partial charge in [-0.25, -0.2) is 0 Å². The summed E-state index contributed by atoms with van der Waals surface area (Å²) in [6.45, 7) is 0.426. The average Bonchev–Trinajstić information content (AvgIpc) is 2.04. The topological polar surface area (TPSA) is 27.7 Å². The van der Waals surface area contributed by atoms with E-state index >= 15 is 0 Å². The van der Waals surface area contributed by atoms with E-state index in [0.29, 0.717) is 13.4 Å². The van der Waals surface area contributed by atoms with Gasteiger partial charge in [0, 0.05) is 0 Å². The first-order valence-electron chi connectivity index (χ1n) is 3.84. The van der Waals surface area contributed by atoms with Crippen molar-refractivity contribution >= 4 is 0 Å². The zero-order valence-corrected chi connectivity index (χ0v) is 6.60. The fourth-order valence-corrected chi connectivity index (χ4v) is 0.958. The Morgan fingerprint density at radius 1 is 1.25 bits per heavy atom. The molecule has 3 heteroatoms. The highest BCUT2D eigenvalue weighted by molar-refractivity contribution is 5.13. The van der Waals surface area contributed by atoms with E-state index in [1.54, 1.807) is 0 Å². The van der Waals surface area contributed by atoms with Gasteiger partial charge in [0.05, 0.1) is 6.61 Å². The van der Waals surface area contributed by atoms with Gasteiger partial charge >= 0.3 is 0 Å². The molecule has 0 unspecified atom stereocenters. The van der Waals surface area contributed by atoms with E-state index < -0.39 is 6.48 Å². The Labute approximate surface area is 70.9 Å². The van der Waals surface area contributed by atoms with E-state index in [1.165, 1.54) is 0 Å². The Morgan fingerprint density at radius 3 is 2.58 bits per heavy atom. The molecule has 1 aromatic carbocycles. The maximum absolute atomic E-state index is 5.22. The van der Waals surface area contributed by atoms with Crippen LogP contribution in [0.15, 0.2) is 30.3 Å². The zero-order valence-electron chi connectivity index (χ0n) is 6.60. The molecule has 2 rings (SSSR count). The molecule has 0 N–H and O–H groups in total. The number of hydrogen-bond donors (Lipinski definition) is 0. The second-order valence-electron chi connectivity index (χ2n) is 2.54. The highest BCUT2D eigenvalue weighted by Crippen LogP contribution is 2.11. The second-order valence-corrected chi connectivity index (χ2v) is 2.54. The Balaban J connectivity index is 1.79. The van der Waals surface area contributed by atoms with Gasteiger partial charge in [-0.3, -0.25) is 0 Å². The lowest BCUT2D eigenvalue weighted by Crippen LogP contribution is -2.32. The van der Waals surface area contributed by atoms with Gasteiger partial charge in [0.2, 0.25) is 0 Å². The third-order valence-electron chi connectivity index (χ3n) is 1.64. The van der Waals surface area contributed by atoms with Crippen molar-refractivity contribution in [2.24, 2.45) is 0 Å². The summed E-state index contributed by atoms with van der Waals surface area (Å²) >= 11 is 0. The van der Waals surface area contributed by atoms with E-state index in [-0.39, 0.29) is 0 Å². The van der Waals surface area contributed by atoms with E-state index in [9.17, 15) is 0 Å². The number of rotatable bonds is 3. The van der Waals surface area contributed by atoms with Crippen molar-refractivity contribution in [1.82, 2.24) is 0 Å². The molecule has 0 atom stereocenters. The monoisotopic (exact) mass is 166 g/mol. The van der Waals surface area contributed by atoms with E-state index in [1.807, 2.05) is 30.3 Å². The molecule has 1 aromatic rings. The lowest BCUT2D eigenvalue weighted by atomic mass is 10.2. The SMILES string of the molecule is c1ccc(COC2OCO2)cc1. The minimum atomic E-state index is -0.454. The molecule has 1 fully saturated rings. The minimum Gasteiger partial charge on any atom is -0.325 e. The fraction of sp³-hybridized carbons (Fsp3) is 0.333. The molecule has 0 bridgehead atoms. The van der Waals surface area contributed by atoms with Crippen LogP contribution in [0.1, 0.15) is 5.56 Å². The van der Waals surface area contributed by atoms with Gasteiger partial charge in [-0.2, -0.15) is 0 Å². The maximum atomic E-state index is 5.22. The van der Waals surface area contributed by atoms with Crippen molar-refractivity contribution in [3.8, 4) is 0 Å². The molecule has 1 heterocycles. The smallest absolute Gasteiger partial charge is 0.275 e. The zero-order chi connectivity index (χ0) is 8.23. The first kappa shape index (κ1) is 7.73. The lowest BCUT2D eigenvalue weighted by Gasteiger charge is -2.25. The molecule has 0 amide bonds. The summed E-state index contributed by atoms with van der Waals surface area (Å²) in [7, 11) is 0. The van der Waals surface area contributed by atoms with Gasteiger partial charge in [-0.05, 0) is 5.56 Å². The summed E-state index contributed by atoms with van der Waals surface area (Å²) in [5.74, 6) is 0. The Bertz CT molecular complexity index is 231. The van der Waals surface area contributed by atoms with Gasteiger partial charge in [-0.15, -0.1) is 0 Å². The third-order valence-corrected chi connectivity index (χ3v) is 1.64. The van der Waals surface area contributed by atoms with Crippen molar-refractivity contribution in [3.63, 3.8) is 0 Å². The van der Waals surface area contributed by atoms with Gasteiger partial charge in [0.15, 0.2) is 6.79 Å². The number of hydrogen-bond acceptors (Lipinski definition) is 3. The molecule has 12 heavy (non-hydrogen) atoms. The van der Waals surface area contributed by atoms with E-state index in [4.69, 9.17) is 14.2 Å². The lowest BCUT2D eigenvalue weighted by molar-refractivity contribution is -0.424. The van der Waals surface area contributed by atoms with Crippen LogP contribution in [-0.2, 0) is 20.8 Å². The summed E-state index contributed by atoms with van der Waals surface area (Å²) < 4.78 is 15.0. The van der Waals surface area contributed by atoms with Crippen LogP contribution in [0.2, 0.25) is 0 Å². The molecule has 0 saturated carbocycles. The molecule has 0 radical (unpaired) electrons. The van der Waals surface area contributed by atoms with Crippen molar-refractivity contribution in [2.75, 3.05) is 6.79 Å². The highest BCUT2D eigenvalue weighted by atomic mass is 17.0. The van der Waals surface area contributed by atoms with E-state index in [0.717, 1.165) is 5.56 Å². The molecular weight excluding hydrogens is 156 g/mol. The van der Waals surface area contributed by atoms with Gasteiger partial charge in [0.1, 0.15) is 0 Å². The Morgan fingerprint density at radius 2 is 2.00 bits per heavy atom. The molecule has 64 valence electrons. The molecule has 0 spiro atoms. The van der Waals surface area contributed by atoms with Crippen molar-refractivity contribution in [3.05, 3.63) is 35.9 Å². The van der Waals surface area contributed by atoms with Crippen molar-refractivity contribution in [1.29, 1.82) is 0 Å². The Kier molecular flexibility index (Phi) is 2.36. The largest absolute Gasteiger partial charge is 0.325 e. The normalized spacial score (nSPS) is 17.3. The van der Waals surface area contributed by atoms with Crippen LogP contribution >= 0.6 is 0 Å². The van der Waals surface area contributed by atoms with Crippen LogP contribution < -0.4 is 0 Å². The summed E-state index contributed by atoms with van der Waals surface area (Å²) in [6, 6.07) is 9.92. The van der Waals surface area contributed by atoms with Crippen molar-refractivity contribution < 1.29 is 14.2 Å². The number of benzene rings is 1. The summed E-state index contributed by atoms with van der Waals surface area (Å²) in [5, 5.41) is 0. The van der Waals surface area contributed by atoms with Crippen LogP contribution in [-0.4, -0.2) is 13.3 Å². The van der Waals surface area contributed by atoms with Gasteiger partial charge < -0.3 is 14.2 Å². The first-order chi connectivity index (χ1) is 5.95. The fourth-order valence-electron chi connectivity index (χ4n) is 0.958. The predicted octanol–water partition coefficient (Wildman–Crippen LogP) is 1.49. The quantitative estimate of drug-likeness (QED) is 0.680. The minimum absolute atomic E-state index is 0.347. The van der Waals surface area contributed by atoms with Crippen LogP contribution in [0.3, 0.4) is 0 Å². The predicted molar refractivity (Wildman–Crippen MR) is 42.1 cm³/mol. The molecule has 1 saturated heterocycles. The third kappa shape index (κ3) is 1.82. The summed E-state index contributed by atoms with van der Waals surface area (Å²) in [5.41, 5.74) is 1.12. The van der Waals surface area contributed by atoms with Crippen LogP contribution in [0.4, 0.5) is 0 Å². The Hall–Kier alpha value is -0.900. The summed E-state index contributed by atoms with van der Waals surface area (Å²) in [6.07, 6.45) is 0. The van der Waals surface area contributed by atoms with Crippen molar-refractivity contribution in [2.45, 2.75) is 13.1 Å². The van der Waals surface area contributed by atoms with Crippen LogP contribution in [0.25, 0.3) is 0 Å². The molecule has 3 nitrogen and oxygen atoms in total. The number of ether oxygens (including phenoxy) is 3. The standard InChI is InChI=1S/C9H10O3/c1-2-4-8(5-3-1)6-10-9-11-7-12-9/h1-5,9H,6-7H2. The van der Waals surface area contributed by atoms with Crippen LogP contribution in [0, 0.1) is 0 Å². The van der Waals surface area contributed by atoms with Gasteiger partial charge in [0.25, 0.3) is 6.48 Å². The maximum Gasteiger partial charge on any atom is 0.275 e. The highest BCUT2D eigenvalue weighted by Gasteiger charge is 2.18.